The molecule has 8 aromatic carbocycles. The predicted octanol–water partition coefficient (Wildman–Crippen LogP) is 14.3. The fraction of sp³-hybridized carbons (Fsp3) is 0.160. The molecule has 264 valence electrons. The summed E-state index contributed by atoms with van der Waals surface area (Å²) in [5.41, 5.74) is 14.2. The lowest BCUT2D eigenvalue weighted by atomic mass is 9.94. The lowest BCUT2D eigenvalue weighted by molar-refractivity contribution is 0.622. The van der Waals surface area contributed by atoms with Gasteiger partial charge in [-0.2, -0.15) is 0 Å². The number of hydrogen-bond donors (Lipinski definition) is 1. The van der Waals surface area contributed by atoms with Gasteiger partial charge in [0.25, 0.3) is 0 Å². The van der Waals surface area contributed by atoms with Crippen molar-refractivity contribution in [3.05, 3.63) is 181 Å². The van der Waals surface area contributed by atoms with Crippen molar-refractivity contribution in [3.8, 4) is 0 Å². The van der Waals surface area contributed by atoms with Gasteiger partial charge in [-0.3, -0.25) is 0 Å². The van der Waals surface area contributed by atoms with Gasteiger partial charge in [0.1, 0.15) is 0 Å². The van der Waals surface area contributed by atoms with Crippen LogP contribution in [0.25, 0.3) is 32.3 Å². The summed E-state index contributed by atoms with van der Waals surface area (Å²) in [5, 5.41) is 7.32. The Morgan fingerprint density at radius 2 is 0.868 bits per heavy atom. The van der Waals surface area contributed by atoms with E-state index in [-0.39, 0.29) is 0 Å². The van der Waals surface area contributed by atoms with Gasteiger partial charge >= 0.3 is 0 Å². The third-order valence-corrected chi connectivity index (χ3v) is 9.90. The second-order valence-corrected chi connectivity index (χ2v) is 13.8. The van der Waals surface area contributed by atoms with Crippen molar-refractivity contribution >= 4 is 66.4 Å². The van der Waals surface area contributed by atoms with Crippen molar-refractivity contribution in [1.29, 1.82) is 0 Å². The van der Waals surface area contributed by atoms with E-state index in [1.807, 2.05) is 0 Å². The van der Waals surface area contributed by atoms with Gasteiger partial charge in [-0.05, 0) is 118 Å². The molecule has 0 fully saturated rings. The minimum absolute atomic E-state index is 0.371. The van der Waals surface area contributed by atoms with Crippen LogP contribution in [0.15, 0.2) is 176 Å². The van der Waals surface area contributed by atoms with Crippen LogP contribution in [0, 0.1) is 0 Å². The first kappa shape index (κ1) is 35.5. The number of anilines is 6. The molecular weight excluding hydrogens is 643 g/mol. The molecule has 0 aliphatic rings. The number of nitrogens with two attached hydrogens (primary N) is 1. The number of rotatable bonds is 10. The molecule has 0 aromatic heterocycles. The highest BCUT2D eigenvalue weighted by Crippen LogP contribution is 2.42. The largest absolute Gasteiger partial charge is 0.330 e. The van der Waals surface area contributed by atoms with E-state index in [0.717, 1.165) is 47.0 Å². The van der Waals surface area contributed by atoms with E-state index in [0.29, 0.717) is 12.5 Å². The average molecular weight is 692 g/mol. The van der Waals surface area contributed by atoms with E-state index in [2.05, 4.69) is 206 Å². The van der Waals surface area contributed by atoms with E-state index in [4.69, 9.17) is 5.73 Å². The molecule has 1 atom stereocenters. The normalized spacial score (nSPS) is 11.6. The standard InChI is InChI=1S/C47H41N3.C3H8/c1-2-10-40(33-48)36-19-23-42(24-20-36)50(47-18-9-16-37-13-7-8-17-46(37)47)43-29-27-41(28-30-43)49(44-25-21-34-11-3-5-14-38(34)31-44)45-26-22-35-12-4-6-15-39(35)32-45;1-3-2/h3-9,11-32,40H,2,10,33,48H2,1H3;3H2,1-2H3. The summed E-state index contributed by atoms with van der Waals surface area (Å²) in [7, 11) is 0. The smallest absolute Gasteiger partial charge is 0.0540 e. The van der Waals surface area contributed by atoms with Crippen molar-refractivity contribution in [1.82, 2.24) is 0 Å². The summed E-state index contributed by atoms with van der Waals surface area (Å²) in [6, 6.07) is 63.8. The fourth-order valence-electron chi connectivity index (χ4n) is 7.32. The van der Waals surface area contributed by atoms with E-state index < -0.39 is 0 Å². The molecule has 3 nitrogen and oxygen atoms in total. The maximum absolute atomic E-state index is 6.20. The Balaban J connectivity index is 0.00000140. The van der Waals surface area contributed by atoms with Crippen LogP contribution < -0.4 is 15.5 Å². The third kappa shape index (κ3) is 7.67. The first-order chi connectivity index (χ1) is 26.1. The van der Waals surface area contributed by atoms with Crippen LogP contribution in [0.1, 0.15) is 51.5 Å². The summed E-state index contributed by atoms with van der Waals surface area (Å²) in [5.74, 6) is 0.371. The molecule has 0 heterocycles. The summed E-state index contributed by atoms with van der Waals surface area (Å²) >= 11 is 0. The van der Waals surface area contributed by atoms with E-state index in [9.17, 15) is 0 Å². The summed E-state index contributed by atoms with van der Waals surface area (Å²) in [6.07, 6.45) is 3.46. The van der Waals surface area contributed by atoms with Crippen molar-refractivity contribution in [2.75, 3.05) is 16.3 Å². The molecule has 0 aliphatic heterocycles. The van der Waals surface area contributed by atoms with Gasteiger partial charge in [-0.15, -0.1) is 0 Å². The van der Waals surface area contributed by atoms with E-state index in [1.165, 1.54) is 44.3 Å². The SMILES string of the molecule is CCC.CCCC(CN)c1ccc(N(c2ccc(N(c3ccc4ccccc4c3)c3ccc4ccccc4c3)cc2)c2cccc3ccccc23)cc1. The van der Waals surface area contributed by atoms with Gasteiger partial charge in [0.15, 0.2) is 0 Å². The average Bonchev–Trinajstić information content (AvgIpc) is 3.21. The highest BCUT2D eigenvalue weighted by Gasteiger charge is 2.19. The number of benzene rings is 8. The second kappa shape index (κ2) is 16.6. The van der Waals surface area contributed by atoms with Gasteiger partial charge in [-0.1, -0.05) is 143 Å². The molecule has 0 aliphatic carbocycles. The molecule has 8 aromatic rings. The van der Waals surface area contributed by atoms with Crippen LogP contribution in [-0.2, 0) is 0 Å². The molecule has 0 saturated carbocycles. The molecule has 53 heavy (non-hydrogen) atoms. The zero-order valence-corrected chi connectivity index (χ0v) is 31.1. The lowest BCUT2D eigenvalue weighted by Gasteiger charge is -2.29. The fourth-order valence-corrected chi connectivity index (χ4v) is 7.32. The van der Waals surface area contributed by atoms with Gasteiger partial charge < -0.3 is 15.5 Å². The van der Waals surface area contributed by atoms with Crippen LogP contribution in [0.5, 0.6) is 0 Å². The van der Waals surface area contributed by atoms with Crippen LogP contribution in [0.3, 0.4) is 0 Å². The molecule has 0 bridgehead atoms. The van der Waals surface area contributed by atoms with Gasteiger partial charge in [0.2, 0.25) is 0 Å². The van der Waals surface area contributed by atoms with Gasteiger partial charge in [-0.25, -0.2) is 0 Å². The zero-order chi connectivity index (χ0) is 36.6. The minimum atomic E-state index is 0.371. The number of nitrogens with zero attached hydrogens (tertiary/aromatic N) is 2. The Kier molecular flexibility index (Phi) is 11.1. The summed E-state index contributed by atoms with van der Waals surface area (Å²) in [4.78, 5) is 4.74. The highest BCUT2D eigenvalue weighted by molar-refractivity contribution is 5.99. The van der Waals surface area contributed by atoms with Crippen molar-refractivity contribution in [3.63, 3.8) is 0 Å². The number of hydrogen-bond acceptors (Lipinski definition) is 3. The second-order valence-electron chi connectivity index (χ2n) is 13.8. The van der Waals surface area contributed by atoms with Crippen molar-refractivity contribution in [2.45, 2.75) is 46.0 Å². The topological polar surface area (TPSA) is 32.5 Å². The highest BCUT2D eigenvalue weighted by atomic mass is 15.2. The van der Waals surface area contributed by atoms with Gasteiger partial charge in [0, 0.05) is 33.8 Å². The zero-order valence-electron chi connectivity index (χ0n) is 31.1. The molecule has 1 unspecified atom stereocenters. The van der Waals surface area contributed by atoms with Crippen LogP contribution in [0.2, 0.25) is 0 Å². The Morgan fingerprint density at radius 1 is 0.434 bits per heavy atom. The minimum Gasteiger partial charge on any atom is -0.330 e. The molecule has 0 radical (unpaired) electrons. The maximum atomic E-state index is 6.20. The summed E-state index contributed by atoms with van der Waals surface area (Å²) < 4.78 is 0. The first-order valence-electron chi connectivity index (χ1n) is 19.1. The summed E-state index contributed by atoms with van der Waals surface area (Å²) in [6.45, 7) is 7.14. The van der Waals surface area contributed by atoms with E-state index >= 15 is 0 Å². The maximum Gasteiger partial charge on any atom is 0.0540 e. The molecule has 0 amide bonds. The predicted molar refractivity (Wildman–Crippen MR) is 231 cm³/mol. The molecule has 0 spiro atoms. The molecule has 2 N–H and O–H groups in total. The van der Waals surface area contributed by atoms with Crippen molar-refractivity contribution in [2.24, 2.45) is 5.73 Å². The quantitative estimate of drug-likeness (QED) is 0.155. The van der Waals surface area contributed by atoms with E-state index in [1.54, 1.807) is 0 Å². The molecular formula is C50H49N3. The Bertz CT molecular complexity index is 2330. The lowest BCUT2D eigenvalue weighted by Crippen LogP contribution is -2.14. The monoisotopic (exact) mass is 691 g/mol. The Labute approximate surface area is 314 Å². The molecule has 3 heteroatoms. The third-order valence-electron chi connectivity index (χ3n) is 9.90. The number of fused-ring (bicyclic) bond motifs is 3. The van der Waals surface area contributed by atoms with Crippen LogP contribution in [0.4, 0.5) is 34.1 Å². The van der Waals surface area contributed by atoms with Crippen LogP contribution >= 0.6 is 0 Å². The van der Waals surface area contributed by atoms with Crippen molar-refractivity contribution < 1.29 is 0 Å². The van der Waals surface area contributed by atoms with Gasteiger partial charge in [0.05, 0.1) is 5.69 Å². The molecule has 8 rings (SSSR count). The molecule has 0 saturated heterocycles. The Hall–Kier alpha value is -5.90. The Morgan fingerprint density at radius 3 is 1.40 bits per heavy atom. The van der Waals surface area contributed by atoms with Crippen LogP contribution in [-0.4, -0.2) is 6.54 Å². The first-order valence-corrected chi connectivity index (χ1v) is 19.1.